The van der Waals surface area contributed by atoms with Gasteiger partial charge >= 0.3 is 0 Å². The van der Waals surface area contributed by atoms with E-state index in [9.17, 15) is 22.0 Å². The third kappa shape index (κ3) is 3.80. The van der Waals surface area contributed by atoms with Gasteiger partial charge in [-0.25, -0.2) is 17.2 Å². The summed E-state index contributed by atoms with van der Waals surface area (Å²) in [5.41, 5.74) is -0.0715. The van der Waals surface area contributed by atoms with Gasteiger partial charge in [0.05, 0.1) is 21.7 Å². The molecule has 28 heavy (non-hydrogen) atoms. The summed E-state index contributed by atoms with van der Waals surface area (Å²) >= 11 is 0. The Kier molecular flexibility index (Phi) is 5.05. The fourth-order valence-electron chi connectivity index (χ4n) is 2.92. The van der Waals surface area contributed by atoms with E-state index in [1.807, 2.05) is 6.92 Å². The van der Waals surface area contributed by atoms with Crippen LogP contribution in [0, 0.1) is 17.0 Å². The zero-order valence-corrected chi connectivity index (χ0v) is 16.4. The van der Waals surface area contributed by atoms with Gasteiger partial charge < -0.3 is 9.64 Å². The van der Waals surface area contributed by atoms with E-state index in [1.165, 1.54) is 12.1 Å². The van der Waals surface area contributed by atoms with Crippen LogP contribution in [0.5, 0.6) is 5.75 Å². The predicted molar refractivity (Wildman–Crippen MR) is 101 cm³/mol. The highest BCUT2D eigenvalue weighted by molar-refractivity contribution is 7.92. The van der Waals surface area contributed by atoms with Gasteiger partial charge in [0, 0.05) is 18.7 Å². The number of hydrogen-bond acceptors (Lipinski definition) is 4. The van der Waals surface area contributed by atoms with E-state index in [0.29, 0.717) is 24.0 Å². The van der Waals surface area contributed by atoms with Crippen molar-refractivity contribution in [2.24, 2.45) is 5.41 Å². The molecule has 0 fully saturated rings. The zero-order chi connectivity index (χ0) is 20.7. The van der Waals surface area contributed by atoms with Crippen LogP contribution in [-0.2, 0) is 14.8 Å². The quantitative estimate of drug-likeness (QED) is 0.837. The topological polar surface area (TPSA) is 75.7 Å². The van der Waals surface area contributed by atoms with Crippen molar-refractivity contribution >= 4 is 27.3 Å². The number of nitrogens with zero attached hydrogens (tertiary/aromatic N) is 1. The molecule has 150 valence electrons. The van der Waals surface area contributed by atoms with Crippen LogP contribution in [0.15, 0.2) is 41.3 Å². The number of benzene rings is 2. The smallest absolute Gasteiger partial charge is 0.262 e. The lowest BCUT2D eigenvalue weighted by Gasteiger charge is -2.26. The average Bonchev–Trinajstić information content (AvgIpc) is 2.69. The van der Waals surface area contributed by atoms with E-state index in [-0.39, 0.29) is 18.2 Å². The maximum Gasteiger partial charge on any atom is 0.262 e. The lowest BCUT2D eigenvalue weighted by Crippen LogP contribution is -2.42. The van der Waals surface area contributed by atoms with E-state index >= 15 is 0 Å². The highest BCUT2D eigenvalue weighted by Crippen LogP contribution is 2.38. The molecule has 3 rings (SSSR count). The summed E-state index contributed by atoms with van der Waals surface area (Å²) in [6, 6.07) is 6.52. The zero-order valence-electron chi connectivity index (χ0n) is 15.6. The molecular formula is C19H20F2N2O4S. The van der Waals surface area contributed by atoms with Gasteiger partial charge in [0.15, 0.2) is 0 Å². The van der Waals surface area contributed by atoms with Crippen LogP contribution in [0.25, 0.3) is 0 Å². The molecule has 1 aliphatic heterocycles. The lowest BCUT2D eigenvalue weighted by atomic mass is 9.93. The van der Waals surface area contributed by atoms with Gasteiger partial charge in [0.25, 0.3) is 10.0 Å². The van der Waals surface area contributed by atoms with Crippen molar-refractivity contribution < 1.29 is 26.7 Å². The fraction of sp³-hybridized carbons (Fsp3) is 0.316. The van der Waals surface area contributed by atoms with Gasteiger partial charge in [0.1, 0.15) is 24.0 Å². The number of sulfonamides is 1. The minimum atomic E-state index is -4.21. The number of carbonyl (C=O) groups excluding carboxylic acids is 1. The van der Waals surface area contributed by atoms with Crippen LogP contribution in [0.4, 0.5) is 20.2 Å². The Balaban J connectivity index is 1.96. The van der Waals surface area contributed by atoms with Crippen molar-refractivity contribution in [3.05, 3.63) is 48.0 Å². The van der Waals surface area contributed by atoms with Crippen LogP contribution in [0.3, 0.4) is 0 Å². The molecule has 0 saturated heterocycles. The fourth-order valence-corrected chi connectivity index (χ4v) is 4.01. The molecule has 0 saturated carbocycles. The number of ether oxygens (including phenoxy) is 1. The van der Waals surface area contributed by atoms with Gasteiger partial charge in [-0.2, -0.15) is 0 Å². The Morgan fingerprint density at radius 1 is 1.14 bits per heavy atom. The second-order valence-electron chi connectivity index (χ2n) is 7.12. The van der Waals surface area contributed by atoms with Gasteiger partial charge in [-0.1, -0.05) is 0 Å². The monoisotopic (exact) mass is 410 g/mol. The van der Waals surface area contributed by atoms with Gasteiger partial charge in [-0.05, 0) is 45.0 Å². The average molecular weight is 410 g/mol. The van der Waals surface area contributed by atoms with Crippen molar-refractivity contribution in [1.82, 2.24) is 0 Å². The number of fused-ring (bicyclic) bond motifs is 1. The van der Waals surface area contributed by atoms with Crippen molar-refractivity contribution in [3.63, 3.8) is 0 Å². The summed E-state index contributed by atoms with van der Waals surface area (Å²) < 4.78 is 59.7. The normalized spacial score (nSPS) is 16.2. The first-order valence-electron chi connectivity index (χ1n) is 8.61. The molecule has 9 heteroatoms. The SMILES string of the molecule is CCN1C(=O)C(C)(C)COc2cc(NS(=O)(=O)c3cc(F)cc(F)c3)ccc21. The number of anilines is 2. The third-order valence-corrected chi connectivity index (χ3v) is 5.74. The van der Waals surface area contributed by atoms with Crippen LogP contribution in [0.2, 0.25) is 0 Å². The number of hydrogen-bond donors (Lipinski definition) is 1. The van der Waals surface area contributed by atoms with E-state index in [1.54, 1.807) is 24.8 Å². The van der Waals surface area contributed by atoms with E-state index < -0.39 is 32.0 Å². The molecule has 2 aromatic rings. The molecule has 0 spiro atoms. The maximum atomic E-state index is 13.4. The van der Waals surface area contributed by atoms with Gasteiger partial charge in [-0.15, -0.1) is 0 Å². The van der Waals surface area contributed by atoms with Crippen molar-refractivity contribution in [2.45, 2.75) is 25.7 Å². The summed E-state index contributed by atoms with van der Waals surface area (Å²) in [6.45, 7) is 5.92. The Hall–Kier alpha value is -2.68. The van der Waals surface area contributed by atoms with Crippen LogP contribution >= 0.6 is 0 Å². The summed E-state index contributed by atoms with van der Waals surface area (Å²) in [5, 5.41) is 0. The van der Waals surface area contributed by atoms with E-state index in [4.69, 9.17) is 4.74 Å². The summed E-state index contributed by atoms with van der Waals surface area (Å²) in [6.07, 6.45) is 0. The van der Waals surface area contributed by atoms with Crippen LogP contribution < -0.4 is 14.4 Å². The molecule has 0 aliphatic carbocycles. The number of nitrogens with one attached hydrogen (secondary N) is 1. The molecule has 0 unspecified atom stereocenters. The van der Waals surface area contributed by atoms with Crippen molar-refractivity contribution in [3.8, 4) is 5.75 Å². The molecule has 1 aliphatic rings. The molecule has 1 N–H and O–H groups in total. The first kappa shape index (κ1) is 20.1. The molecule has 0 atom stereocenters. The highest BCUT2D eigenvalue weighted by atomic mass is 32.2. The maximum absolute atomic E-state index is 13.4. The Morgan fingerprint density at radius 3 is 2.39 bits per heavy atom. The number of carbonyl (C=O) groups is 1. The highest BCUT2D eigenvalue weighted by Gasteiger charge is 2.37. The molecule has 1 heterocycles. The first-order valence-corrected chi connectivity index (χ1v) is 10.1. The Bertz CT molecular complexity index is 1020. The number of rotatable bonds is 4. The van der Waals surface area contributed by atoms with Crippen molar-refractivity contribution in [2.75, 3.05) is 22.8 Å². The van der Waals surface area contributed by atoms with Crippen LogP contribution in [-0.4, -0.2) is 27.5 Å². The van der Waals surface area contributed by atoms with Gasteiger partial charge in [0.2, 0.25) is 5.91 Å². The van der Waals surface area contributed by atoms with Gasteiger partial charge in [-0.3, -0.25) is 9.52 Å². The first-order chi connectivity index (χ1) is 13.0. The molecule has 0 bridgehead atoms. The van der Waals surface area contributed by atoms with E-state index in [0.717, 1.165) is 12.1 Å². The largest absolute Gasteiger partial charge is 0.490 e. The lowest BCUT2D eigenvalue weighted by molar-refractivity contribution is -0.127. The standard InChI is InChI=1S/C19H20F2N2O4S/c1-4-23-16-6-5-14(10-17(16)27-11-19(2,3)18(23)24)22-28(25,26)15-8-12(20)7-13(21)9-15/h5-10,22H,4,11H2,1-3H3. The third-order valence-electron chi connectivity index (χ3n) is 4.38. The second-order valence-corrected chi connectivity index (χ2v) is 8.80. The molecule has 2 aromatic carbocycles. The molecular weight excluding hydrogens is 390 g/mol. The summed E-state index contributed by atoms with van der Waals surface area (Å²) in [7, 11) is -4.21. The summed E-state index contributed by atoms with van der Waals surface area (Å²) in [4.78, 5) is 13.7. The minimum Gasteiger partial charge on any atom is -0.490 e. The molecule has 0 radical (unpaired) electrons. The van der Waals surface area contributed by atoms with Crippen LogP contribution in [0.1, 0.15) is 20.8 Å². The Labute approximate surface area is 162 Å². The number of amides is 1. The minimum absolute atomic E-state index is 0.0997. The summed E-state index contributed by atoms with van der Waals surface area (Å²) in [5.74, 6) is -1.75. The van der Waals surface area contributed by atoms with E-state index in [2.05, 4.69) is 4.72 Å². The predicted octanol–water partition coefficient (Wildman–Crippen LogP) is 3.54. The molecule has 1 amide bonds. The van der Waals surface area contributed by atoms with Crippen molar-refractivity contribution in [1.29, 1.82) is 0 Å². The Morgan fingerprint density at radius 2 is 1.79 bits per heavy atom. The molecule has 0 aromatic heterocycles. The second kappa shape index (κ2) is 7.05. The molecule has 6 nitrogen and oxygen atoms in total. The number of halogens is 2.